The van der Waals surface area contributed by atoms with Crippen LogP contribution < -0.4 is 4.91 Å². The van der Waals surface area contributed by atoms with Crippen LogP contribution in [0.2, 0.25) is 0 Å². The summed E-state index contributed by atoms with van der Waals surface area (Å²) in [7, 11) is 0. The number of likely N-dealkylation sites (tertiary alicyclic amines) is 1. The van der Waals surface area contributed by atoms with Crippen molar-refractivity contribution in [1.82, 2.24) is 14.8 Å². The number of benzene rings is 1. The van der Waals surface area contributed by atoms with Gasteiger partial charge in [-0.2, -0.15) is 0 Å². The van der Waals surface area contributed by atoms with Crippen molar-refractivity contribution in [3.63, 3.8) is 0 Å². The zero-order chi connectivity index (χ0) is 18.5. The highest BCUT2D eigenvalue weighted by Gasteiger charge is 2.23. The fraction of sp³-hybridized carbons (Fsp3) is 0.353. The van der Waals surface area contributed by atoms with Crippen molar-refractivity contribution < 1.29 is 14.0 Å². The number of carbonyl (C=O) groups is 2. The quantitative estimate of drug-likeness (QED) is 0.606. The van der Waals surface area contributed by atoms with E-state index in [1.54, 1.807) is 6.92 Å². The van der Waals surface area contributed by atoms with Crippen LogP contribution in [-0.4, -0.2) is 34.8 Å². The van der Waals surface area contributed by atoms with Crippen molar-refractivity contribution >= 4 is 28.3 Å². The van der Waals surface area contributed by atoms with Gasteiger partial charge >= 0.3 is 5.91 Å². The number of halogens is 1. The predicted octanol–water partition coefficient (Wildman–Crippen LogP) is 3.66. The third-order valence-electron chi connectivity index (χ3n) is 3.98. The monoisotopic (exact) mass is 374 g/mol. The van der Waals surface area contributed by atoms with Crippen LogP contribution in [0.4, 0.5) is 9.52 Å². The van der Waals surface area contributed by atoms with Crippen LogP contribution in [0.15, 0.2) is 34.5 Å². The standard InChI is InChI=1S/C17H17FN5O2S/c1-11-14(16(25)23-9-3-2-4-10-23)26-17(19-11)21-22-20-15(24)12-5-7-13(18)8-6-12/h5-8H,2-4,9-10H2,1H3/q+1. The van der Waals surface area contributed by atoms with Gasteiger partial charge in [0, 0.05) is 18.7 Å². The number of piperidine rings is 1. The Morgan fingerprint density at radius 3 is 2.58 bits per heavy atom. The first kappa shape index (κ1) is 18.0. The Bertz CT molecular complexity index is 881. The van der Waals surface area contributed by atoms with E-state index in [-0.39, 0.29) is 16.6 Å². The summed E-state index contributed by atoms with van der Waals surface area (Å²) in [5.41, 5.74) is 0.797. The maximum atomic E-state index is 12.8. The number of thiazole rings is 1. The first-order valence-electron chi connectivity index (χ1n) is 8.23. The fourth-order valence-corrected chi connectivity index (χ4v) is 3.47. The van der Waals surface area contributed by atoms with E-state index < -0.39 is 11.7 Å². The van der Waals surface area contributed by atoms with Crippen molar-refractivity contribution in [2.45, 2.75) is 26.2 Å². The summed E-state index contributed by atoms with van der Waals surface area (Å²) >= 11 is 1.13. The molecule has 0 aliphatic carbocycles. The van der Waals surface area contributed by atoms with Crippen molar-refractivity contribution in [3.05, 3.63) is 46.2 Å². The zero-order valence-corrected chi connectivity index (χ0v) is 15.0. The number of hydrogen-bond acceptors (Lipinski definition) is 5. The van der Waals surface area contributed by atoms with E-state index in [0.29, 0.717) is 10.6 Å². The van der Waals surface area contributed by atoms with Gasteiger partial charge in [0.15, 0.2) is 5.11 Å². The van der Waals surface area contributed by atoms with Crippen molar-refractivity contribution in [2.24, 2.45) is 10.2 Å². The first-order chi connectivity index (χ1) is 12.5. The van der Waals surface area contributed by atoms with Gasteiger partial charge in [-0.3, -0.25) is 9.59 Å². The Hall–Kier alpha value is -2.77. The summed E-state index contributed by atoms with van der Waals surface area (Å²) < 4.78 is 12.8. The molecule has 2 heterocycles. The van der Waals surface area contributed by atoms with Gasteiger partial charge in [0.05, 0.1) is 5.69 Å². The van der Waals surface area contributed by atoms with Crippen LogP contribution in [0.1, 0.15) is 45.0 Å². The molecule has 3 rings (SSSR count). The lowest BCUT2D eigenvalue weighted by Crippen LogP contribution is -2.35. The molecular formula is C17H17FN5O2S+. The van der Waals surface area contributed by atoms with E-state index in [0.717, 1.165) is 43.7 Å². The van der Waals surface area contributed by atoms with Gasteiger partial charge in [0.2, 0.25) is 10.0 Å². The molecule has 0 radical (unpaired) electrons. The average molecular weight is 374 g/mol. The Morgan fingerprint density at radius 2 is 1.88 bits per heavy atom. The highest BCUT2D eigenvalue weighted by atomic mass is 32.1. The summed E-state index contributed by atoms with van der Waals surface area (Å²) in [5.74, 6) is -1.11. The van der Waals surface area contributed by atoms with Crippen molar-refractivity contribution in [3.8, 4) is 0 Å². The molecule has 1 aromatic carbocycles. The van der Waals surface area contributed by atoms with E-state index in [2.05, 4.69) is 20.1 Å². The second kappa shape index (κ2) is 8.07. The summed E-state index contributed by atoms with van der Waals surface area (Å²) in [6, 6.07) is 4.98. The molecule has 0 atom stereocenters. The zero-order valence-electron chi connectivity index (χ0n) is 14.2. The Labute approximate surface area is 153 Å². The van der Waals surface area contributed by atoms with Crippen LogP contribution in [0.5, 0.6) is 0 Å². The molecule has 7 nitrogen and oxygen atoms in total. The minimum absolute atomic E-state index is 0.0412. The molecule has 1 saturated heterocycles. The maximum absolute atomic E-state index is 12.8. The molecule has 2 amide bonds. The highest BCUT2D eigenvalue weighted by Crippen LogP contribution is 2.26. The molecule has 0 saturated carbocycles. The second-order valence-electron chi connectivity index (χ2n) is 5.87. The van der Waals surface area contributed by atoms with E-state index in [1.807, 2.05) is 4.90 Å². The van der Waals surface area contributed by atoms with Gasteiger partial charge in [-0.15, -0.1) is 0 Å². The summed E-state index contributed by atoms with van der Waals surface area (Å²) in [5, 5.41) is 7.52. The second-order valence-corrected chi connectivity index (χ2v) is 6.84. The molecule has 1 fully saturated rings. The number of amides is 2. The Balaban J connectivity index is 1.72. The predicted molar refractivity (Wildman–Crippen MR) is 94.0 cm³/mol. The third kappa shape index (κ3) is 4.25. The van der Waals surface area contributed by atoms with Crippen LogP contribution in [-0.2, 0) is 0 Å². The number of rotatable bonds is 3. The Morgan fingerprint density at radius 1 is 1.19 bits per heavy atom. The van der Waals surface area contributed by atoms with Crippen LogP contribution >= 0.6 is 11.3 Å². The third-order valence-corrected chi connectivity index (χ3v) is 5.01. The molecule has 1 aromatic heterocycles. The number of hydrogen-bond donors (Lipinski definition) is 0. The lowest BCUT2D eigenvalue weighted by Gasteiger charge is -2.26. The molecule has 26 heavy (non-hydrogen) atoms. The maximum Gasteiger partial charge on any atom is 0.360 e. The normalized spacial score (nSPS) is 13.8. The van der Waals surface area contributed by atoms with Gasteiger partial charge in [0.1, 0.15) is 10.7 Å². The van der Waals surface area contributed by atoms with Crippen molar-refractivity contribution in [1.29, 1.82) is 0 Å². The van der Waals surface area contributed by atoms with Gasteiger partial charge in [0.25, 0.3) is 11.0 Å². The molecule has 2 aromatic rings. The molecule has 0 bridgehead atoms. The SMILES string of the molecule is Cc1nc(N=[N+]=NC(=O)c2ccc(F)cc2)sc1C(=O)N1CCCCC1. The molecule has 1 aliphatic heterocycles. The fourth-order valence-electron chi connectivity index (χ4n) is 2.62. The lowest BCUT2D eigenvalue weighted by molar-refractivity contribution is 0.0728. The van der Waals surface area contributed by atoms with Gasteiger partial charge in [-0.05, 0) is 50.5 Å². The number of aromatic nitrogens is 1. The van der Waals surface area contributed by atoms with Crippen LogP contribution in [0.25, 0.3) is 0 Å². The number of aryl methyl sites for hydroxylation is 1. The summed E-state index contributed by atoms with van der Waals surface area (Å²) in [6.45, 7) is 3.26. The van der Waals surface area contributed by atoms with Crippen LogP contribution in [0, 0.1) is 12.7 Å². The topological polar surface area (TPSA) is 89.1 Å². The minimum atomic E-state index is -0.633. The highest BCUT2D eigenvalue weighted by molar-refractivity contribution is 7.17. The molecule has 1 aliphatic rings. The number of carbonyl (C=O) groups excluding carboxylic acids is 2. The average Bonchev–Trinajstić information content (AvgIpc) is 3.03. The Kier molecular flexibility index (Phi) is 5.60. The van der Waals surface area contributed by atoms with Crippen molar-refractivity contribution in [2.75, 3.05) is 13.1 Å². The number of nitrogens with zero attached hydrogens (tertiary/aromatic N) is 5. The van der Waals surface area contributed by atoms with Gasteiger partial charge < -0.3 is 4.90 Å². The van der Waals surface area contributed by atoms with E-state index in [4.69, 9.17) is 0 Å². The summed E-state index contributed by atoms with van der Waals surface area (Å²) in [6.07, 6.45) is 3.18. The van der Waals surface area contributed by atoms with E-state index in [1.165, 1.54) is 24.3 Å². The molecule has 9 heteroatoms. The first-order valence-corrected chi connectivity index (χ1v) is 9.04. The lowest BCUT2D eigenvalue weighted by atomic mass is 10.1. The molecule has 0 unspecified atom stereocenters. The summed E-state index contributed by atoms with van der Waals surface area (Å²) in [4.78, 5) is 34.4. The minimum Gasteiger partial charge on any atom is -0.338 e. The van der Waals surface area contributed by atoms with E-state index >= 15 is 0 Å². The van der Waals surface area contributed by atoms with Crippen LogP contribution in [0.3, 0.4) is 0 Å². The smallest absolute Gasteiger partial charge is 0.338 e. The molecular weight excluding hydrogens is 357 g/mol. The van der Waals surface area contributed by atoms with Gasteiger partial charge in [-0.25, -0.2) is 9.37 Å². The van der Waals surface area contributed by atoms with E-state index in [9.17, 15) is 14.0 Å². The molecule has 0 N–H and O–H groups in total. The molecule has 0 spiro atoms. The van der Waals surface area contributed by atoms with Gasteiger partial charge in [-0.1, -0.05) is 11.3 Å². The largest absolute Gasteiger partial charge is 0.360 e. The molecule has 134 valence electrons.